The molecule has 0 spiro atoms. The first kappa shape index (κ1) is 34.9. The molecule has 0 aliphatic heterocycles. The summed E-state index contributed by atoms with van der Waals surface area (Å²) in [5.74, 6) is 0.229. The second-order valence-corrected chi connectivity index (χ2v) is 11.0. The summed E-state index contributed by atoms with van der Waals surface area (Å²) < 4.78 is 10.5. The van der Waals surface area contributed by atoms with Crippen LogP contribution in [0.4, 0.5) is 0 Å². The molecule has 0 saturated carbocycles. The van der Waals surface area contributed by atoms with Crippen LogP contribution in [0.25, 0.3) is 0 Å². The number of unbranched alkanes of at least 4 members (excludes halogenated alkanes) is 17. The van der Waals surface area contributed by atoms with Crippen molar-refractivity contribution in [1.82, 2.24) is 0 Å². The molecular weight excluding hydrogens is 452 g/mol. The lowest BCUT2D eigenvalue weighted by molar-refractivity contribution is -0.161. The molecular formula is C31H60O5. The first-order valence-corrected chi connectivity index (χ1v) is 15.5. The zero-order chi connectivity index (χ0) is 26.7. The molecule has 0 aliphatic carbocycles. The molecule has 0 fully saturated rings. The van der Waals surface area contributed by atoms with E-state index in [1.54, 1.807) is 0 Å². The van der Waals surface area contributed by atoms with E-state index in [1.165, 1.54) is 89.9 Å². The highest BCUT2D eigenvalue weighted by atomic mass is 16.6. The number of aliphatic hydroxyl groups excluding tert-OH is 1. The molecule has 0 bridgehead atoms. The van der Waals surface area contributed by atoms with Gasteiger partial charge in [-0.15, -0.1) is 0 Å². The van der Waals surface area contributed by atoms with Crippen molar-refractivity contribution >= 4 is 11.9 Å². The summed E-state index contributed by atoms with van der Waals surface area (Å²) in [7, 11) is 0. The summed E-state index contributed by atoms with van der Waals surface area (Å²) in [6.45, 7) is 6.43. The normalized spacial score (nSPS) is 12.1. The molecule has 0 aromatic heterocycles. The van der Waals surface area contributed by atoms with E-state index in [4.69, 9.17) is 9.47 Å². The number of esters is 2. The van der Waals surface area contributed by atoms with Crippen LogP contribution >= 0.6 is 0 Å². The van der Waals surface area contributed by atoms with Gasteiger partial charge in [0.1, 0.15) is 6.61 Å². The molecule has 0 unspecified atom stereocenters. The molecule has 214 valence electrons. The first-order chi connectivity index (χ1) is 17.5. The fourth-order valence-electron chi connectivity index (χ4n) is 4.44. The van der Waals surface area contributed by atoms with Gasteiger partial charge in [0.15, 0.2) is 6.10 Å². The van der Waals surface area contributed by atoms with Crippen molar-refractivity contribution in [2.24, 2.45) is 5.92 Å². The van der Waals surface area contributed by atoms with Crippen LogP contribution in [-0.2, 0) is 19.1 Å². The van der Waals surface area contributed by atoms with Gasteiger partial charge < -0.3 is 14.6 Å². The van der Waals surface area contributed by atoms with E-state index in [0.29, 0.717) is 12.8 Å². The topological polar surface area (TPSA) is 72.8 Å². The number of carbonyl (C=O) groups is 2. The van der Waals surface area contributed by atoms with Crippen molar-refractivity contribution in [3.8, 4) is 0 Å². The van der Waals surface area contributed by atoms with E-state index < -0.39 is 6.10 Å². The highest BCUT2D eigenvalue weighted by Crippen LogP contribution is 2.14. The van der Waals surface area contributed by atoms with Crippen LogP contribution in [0.5, 0.6) is 0 Å². The van der Waals surface area contributed by atoms with E-state index in [0.717, 1.165) is 44.4 Å². The van der Waals surface area contributed by atoms with Crippen LogP contribution in [0.3, 0.4) is 0 Å². The summed E-state index contributed by atoms with van der Waals surface area (Å²) in [4.78, 5) is 24.0. The van der Waals surface area contributed by atoms with Crippen molar-refractivity contribution in [3.63, 3.8) is 0 Å². The minimum atomic E-state index is -0.759. The van der Waals surface area contributed by atoms with Crippen molar-refractivity contribution in [2.45, 2.75) is 168 Å². The van der Waals surface area contributed by atoms with E-state index in [2.05, 4.69) is 20.8 Å². The van der Waals surface area contributed by atoms with E-state index in [-0.39, 0.29) is 25.2 Å². The number of ether oxygens (including phenoxy) is 2. The molecule has 0 saturated heterocycles. The Hall–Kier alpha value is -1.10. The maximum absolute atomic E-state index is 12.0. The average molecular weight is 513 g/mol. The zero-order valence-electron chi connectivity index (χ0n) is 24.2. The van der Waals surface area contributed by atoms with Crippen LogP contribution in [0.1, 0.15) is 162 Å². The zero-order valence-corrected chi connectivity index (χ0v) is 24.2. The molecule has 1 N–H and O–H groups in total. The minimum absolute atomic E-state index is 0.0595. The summed E-state index contributed by atoms with van der Waals surface area (Å²) in [6, 6.07) is 0. The molecule has 5 nitrogen and oxygen atoms in total. The third-order valence-electron chi connectivity index (χ3n) is 6.83. The quantitative estimate of drug-likeness (QED) is 0.0880. The van der Waals surface area contributed by atoms with Gasteiger partial charge in [-0.25, -0.2) is 0 Å². The fraction of sp³-hybridized carbons (Fsp3) is 0.935. The minimum Gasteiger partial charge on any atom is -0.462 e. The Bertz CT molecular complexity index is 491. The van der Waals surface area contributed by atoms with Crippen molar-refractivity contribution in [3.05, 3.63) is 0 Å². The number of carbonyl (C=O) groups excluding carboxylic acids is 2. The van der Waals surface area contributed by atoms with Gasteiger partial charge in [-0.3, -0.25) is 9.59 Å². The maximum Gasteiger partial charge on any atom is 0.306 e. The average Bonchev–Trinajstić information content (AvgIpc) is 2.85. The van der Waals surface area contributed by atoms with Gasteiger partial charge in [0.25, 0.3) is 0 Å². The summed E-state index contributed by atoms with van der Waals surface area (Å²) in [5, 5.41) is 9.46. The molecule has 0 heterocycles. The fourth-order valence-corrected chi connectivity index (χ4v) is 4.44. The Morgan fingerprint density at radius 3 is 1.47 bits per heavy atom. The van der Waals surface area contributed by atoms with Crippen molar-refractivity contribution in [1.29, 1.82) is 0 Å². The summed E-state index contributed by atoms with van der Waals surface area (Å²) >= 11 is 0. The van der Waals surface area contributed by atoms with Gasteiger partial charge in [0, 0.05) is 12.8 Å². The highest BCUT2D eigenvalue weighted by Gasteiger charge is 2.16. The molecule has 0 aromatic carbocycles. The lowest BCUT2D eigenvalue weighted by Crippen LogP contribution is -2.28. The Morgan fingerprint density at radius 2 is 1.03 bits per heavy atom. The molecule has 0 amide bonds. The van der Waals surface area contributed by atoms with Crippen LogP contribution < -0.4 is 0 Å². The first-order valence-electron chi connectivity index (χ1n) is 15.5. The Balaban J connectivity index is 3.58. The second-order valence-electron chi connectivity index (χ2n) is 11.0. The SMILES string of the molecule is CCCCCCCCCCCCC(=O)OC[C@H](CO)OC(=O)CCCCCCCCCCCC(C)C. The maximum atomic E-state index is 12.0. The standard InChI is InChI=1S/C31H60O5/c1-4-5-6-7-8-9-12-15-18-21-24-30(33)35-27-29(26-32)36-31(34)25-22-19-16-13-10-11-14-17-20-23-28(2)3/h28-29,32H,4-27H2,1-3H3/t29-/m0/s1. The smallest absolute Gasteiger partial charge is 0.306 e. The largest absolute Gasteiger partial charge is 0.462 e. The van der Waals surface area contributed by atoms with Crippen molar-refractivity contribution in [2.75, 3.05) is 13.2 Å². The molecule has 0 aliphatic rings. The molecule has 5 heteroatoms. The van der Waals surface area contributed by atoms with Gasteiger partial charge in [-0.05, 0) is 18.8 Å². The van der Waals surface area contributed by atoms with E-state index in [1.807, 2.05) is 0 Å². The van der Waals surface area contributed by atoms with Gasteiger partial charge in [0.2, 0.25) is 0 Å². The van der Waals surface area contributed by atoms with Gasteiger partial charge >= 0.3 is 11.9 Å². The third-order valence-corrected chi connectivity index (χ3v) is 6.83. The van der Waals surface area contributed by atoms with Gasteiger partial charge in [-0.2, -0.15) is 0 Å². The number of aliphatic hydroxyl groups is 1. The van der Waals surface area contributed by atoms with E-state index >= 15 is 0 Å². The van der Waals surface area contributed by atoms with Gasteiger partial charge in [0.05, 0.1) is 6.61 Å². The monoisotopic (exact) mass is 512 g/mol. The van der Waals surface area contributed by atoms with E-state index in [9.17, 15) is 14.7 Å². The Morgan fingerprint density at radius 1 is 0.611 bits per heavy atom. The molecule has 0 radical (unpaired) electrons. The second kappa shape index (κ2) is 26.9. The van der Waals surface area contributed by atoms with Crippen LogP contribution in [0, 0.1) is 5.92 Å². The summed E-state index contributed by atoms with van der Waals surface area (Å²) in [6.07, 6.45) is 24.4. The van der Waals surface area contributed by atoms with Gasteiger partial charge in [-0.1, -0.05) is 136 Å². The molecule has 1 atom stereocenters. The predicted molar refractivity (Wildman–Crippen MR) is 150 cm³/mol. The van der Waals surface area contributed by atoms with Crippen LogP contribution in [0.2, 0.25) is 0 Å². The van der Waals surface area contributed by atoms with Crippen LogP contribution in [-0.4, -0.2) is 36.4 Å². The highest BCUT2D eigenvalue weighted by molar-refractivity contribution is 5.70. The lowest BCUT2D eigenvalue weighted by atomic mass is 10.0. The third kappa shape index (κ3) is 26.0. The number of hydrogen-bond acceptors (Lipinski definition) is 5. The number of rotatable bonds is 27. The van der Waals surface area contributed by atoms with Crippen molar-refractivity contribution < 1.29 is 24.2 Å². The molecule has 0 rings (SSSR count). The summed E-state index contributed by atoms with van der Waals surface area (Å²) in [5.41, 5.74) is 0. The molecule has 36 heavy (non-hydrogen) atoms. The lowest BCUT2D eigenvalue weighted by Gasteiger charge is -2.15. The predicted octanol–water partition coefficient (Wildman–Crippen LogP) is 8.69. The molecule has 0 aromatic rings. The Kier molecular flexibility index (Phi) is 26.1. The number of hydrogen-bond donors (Lipinski definition) is 1. The van der Waals surface area contributed by atoms with Crippen LogP contribution in [0.15, 0.2) is 0 Å². The Labute approximate surface area is 223 Å².